The lowest BCUT2D eigenvalue weighted by atomic mass is 9.97. The smallest absolute Gasteiger partial charge is 0.307 e. The highest BCUT2D eigenvalue weighted by Gasteiger charge is 2.31. The summed E-state index contributed by atoms with van der Waals surface area (Å²) in [6.07, 6.45) is 1.53. The van der Waals surface area contributed by atoms with E-state index < -0.39 is 5.97 Å². The van der Waals surface area contributed by atoms with Crippen LogP contribution in [0.4, 0.5) is 0 Å². The molecule has 0 aliphatic carbocycles. The Kier molecular flexibility index (Phi) is 5.55. The van der Waals surface area contributed by atoms with Gasteiger partial charge in [-0.2, -0.15) is 0 Å². The van der Waals surface area contributed by atoms with Crippen molar-refractivity contribution < 1.29 is 14.7 Å². The highest BCUT2D eigenvalue weighted by molar-refractivity contribution is 5.81. The van der Waals surface area contributed by atoms with Gasteiger partial charge in [0.2, 0.25) is 5.91 Å². The Morgan fingerprint density at radius 1 is 1.36 bits per heavy atom. The predicted octanol–water partition coefficient (Wildman–Crippen LogP) is 1.83. The van der Waals surface area contributed by atoms with Gasteiger partial charge >= 0.3 is 5.97 Å². The van der Waals surface area contributed by atoms with Gasteiger partial charge in [-0.1, -0.05) is 30.3 Å². The Morgan fingerprint density at radius 3 is 2.68 bits per heavy atom. The number of amides is 1. The van der Waals surface area contributed by atoms with Crippen LogP contribution in [0.5, 0.6) is 0 Å². The van der Waals surface area contributed by atoms with Gasteiger partial charge in [-0.15, -0.1) is 0 Å². The van der Waals surface area contributed by atoms with Gasteiger partial charge in [-0.25, -0.2) is 0 Å². The lowest BCUT2D eigenvalue weighted by Gasteiger charge is -2.36. The summed E-state index contributed by atoms with van der Waals surface area (Å²) in [5.74, 6) is -1.08. The van der Waals surface area contributed by atoms with E-state index in [0.717, 1.165) is 18.5 Å². The fourth-order valence-corrected chi connectivity index (χ4v) is 2.97. The van der Waals surface area contributed by atoms with E-state index >= 15 is 0 Å². The summed E-state index contributed by atoms with van der Waals surface area (Å²) in [4.78, 5) is 27.4. The molecular formula is C17H24N2O3. The maximum Gasteiger partial charge on any atom is 0.307 e. The van der Waals surface area contributed by atoms with Crippen molar-refractivity contribution >= 4 is 11.9 Å². The zero-order chi connectivity index (χ0) is 16.1. The van der Waals surface area contributed by atoms with Crippen LogP contribution < -0.4 is 0 Å². The minimum atomic E-state index is -0.762. The molecule has 1 saturated heterocycles. The molecule has 1 fully saturated rings. The lowest BCUT2D eigenvalue weighted by Crippen LogP contribution is -2.50. The van der Waals surface area contributed by atoms with E-state index in [1.165, 1.54) is 0 Å². The van der Waals surface area contributed by atoms with Crippen LogP contribution in [-0.2, 0) is 16.1 Å². The first kappa shape index (κ1) is 16.5. The van der Waals surface area contributed by atoms with E-state index in [-0.39, 0.29) is 17.9 Å². The Morgan fingerprint density at radius 2 is 2.05 bits per heavy atom. The van der Waals surface area contributed by atoms with Gasteiger partial charge in [0, 0.05) is 20.1 Å². The minimum Gasteiger partial charge on any atom is -0.481 e. The molecule has 1 aliphatic heterocycles. The maximum atomic E-state index is 12.6. The molecule has 2 rings (SSSR count). The molecule has 22 heavy (non-hydrogen) atoms. The van der Waals surface area contributed by atoms with Crippen LogP contribution in [0.15, 0.2) is 30.3 Å². The fourth-order valence-electron chi connectivity index (χ4n) is 2.97. The minimum absolute atomic E-state index is 0.0369. The number of carboxylic acids is 1. The number of carbonyl (C=O) groups excluding carboxylic acids is 1. The number of carbonyl (C=O) groups is 2. The number of benzene rings is 1. The van der Waals surface area contributed by atoms with Crippen molar-refractivity contribution in [2.45, 2.75) is 32.4 Å². The Balaban J connectivity index is 1.94. The van der Waals surface area contributed by atoms with Gasteiger partial charge in [-0.05, 0) is 31.9 Å². The molecule has 5 nitrogen and oxygen atoms in total. The SMILES string of the molecule is CC(C(=O)N(C)Cc1ccccc1)N1CCCC(C(=O)O)C1. The monoisotopic (exact) mass is 304 g/mol. The number of rotatable bonds is 5. The first-order valence-corrected chi connectivity index (χ1v) is 7.74. The first-order chi connectivity index (χ1) is 10.5. The number of likely N-dealkylation sites (N-methyl/N-ethyl adjacent to an activating group) is 1. The van der Waals surface area contributed by atoms with Crippen LogP contribution in [-0.4, -0.2) is 53.0 Å². The number of carboxylic acid groups (broad SMARTS) is 1. The van der Waals surface area contributed by atoms with Crippen LogP contribution in [0.25, 0.3) is 0 Å². The van der Waals surface area contributed by atoms with Crippen LogP contribution in [0.2, 0.25) is 0 Å². The van der Waals surface area contributed by atoms with E-state index in [0.29, 0.717) is 19.5 Å². The normalized spacial score (nSPS) is 20.4. The second kappa shape index (κ2) is 7.40. The van der Waals surface area contributed by atoms with Gasteiger partial charge in [0.25, 0.3) is 0 Å². The summed E-state index contributed by atoms with van der Waals surface area (Å²) < 4.78 is 0. The average molecular weight is 304 g/mol. The van der Waals surface area contributed by atoms with E-state index in [4.69, 9.17) is 5.11 Å². The average Bonchev–Trinajstić information content (AvgIpc) is 2.54. The Hall–Kier alpha value is -1.88. The summed E-state index contributed by atoms with van der Waals surface area (Å²) >= 11 is 0. The first-order valence-electron chi connectivity index (χ1n) is 7.74. The number of hydrogen-bond acceptors (Lipinski definition) is 3. The molecule has 5 heteroatoms. The van der Waals surface area contributed by atoms with E-state index in [1.807, 2.05) is 42.2 Å². The van der Waals surface area contributed by atoms with Gasteiger partial charge in [0.1, 0.15) is 0 Å². The van der Waals surface area contributed by atoms with Crippen molar-refractivity contribution in [3.05, 3.63) is 35.9 Å². The van der Waals surface area contributed by atoms with Crippen LogP contribution in [0, 0.1) is 5.92 Å². The molecule has 1 aliphatic rings. The molecule has 0 spiro atoms. The quantitative estimate of drug-likeness (QED) is 0.901. The number of aliphatic carboxylic acids is 1. The van der Waals surface area contributed by atoms with Crippen molar-refractivity contribution in [2.75, 3.05) is 20.1 Å². The van der Waals surface area contributed by atoms with Gasteiger partial charge in [0.15, 0.2) is 0 Å². The molecule has 2 atom stereocenters. The van der Waals surface area contributed by atoms with Crippen molar-refractivity contribution in [3.8, 4) is 0 Å². The number of nitrogens with zero attached hydrogens (tertiary/aromatic N) is 2. The molecule has 0 saturated carbocycles. The summed E-state index contributed by atoms with van der Waals surface area (Å²) in [5, 5.41) is 9.16. The number of likely N-dealkylation sites (tertiary alicyclic amines) is 1. The zero-order valence-corrected chi connectivity index (χ0v) is 13.2. The fraction of sp³-hybridized carbons (Fsp3) is 0.529. The molecule has 1 N–H and O–H groups in total. The molecule has 120 valence electrons. The van der Waals surface area contributed by atoms with Gasteiger partial charge in [0.05, 0.1) is 12.0 Å². The van der Waals surface area contributed by atoms with Crippen molar-refractivity contribution in [1.82, 2.24) is 9.80 Å². The zero-order valence-electron chi connectivity index (χ0n) is 13.2. The third-order valence-electron chi connectivity index (χ3n) is 4.35. The highest BCUT2D eigenvalue weighted by atomic mass is 16.4. The van der Waals surface area contributed by atoms with E-state index in [1.54, 1.807) is 11.9 Å². The highest BCUT2D eigenvalue weighted by Crippen LogP contribution is 2.19. The number of hydrogen-bond donors (Lipinski definition) is 1. The van der Waals surface area contributed by atoms with E-state index in [2.05, 4.69) is 0 Å². The van der Waals surface area contributed by atoms with Crippen LogP contribution in [0.3, 0.4) is 0 Å². The maximum absolute atomic E-state index is 12.6. The molecule has 1 heterocycles. The summed E-state index contributed by atoms with van der Waals surface area (Å²) in [6.45, 7) is 3.69. The summed E-state index contributed by atoms with van der Waals surface area (Å²) in [5.41, 5.74) is 1.09. The van der Waals surface area contributed by atoms with Gasteiger partial charge in [-0.3, -0.25) is 14.5 Å². The lowest BCUT2D eigenvalue weighted by molar-refractivity contribution is -0.146. The Bertz CT molecular complexity index is 518. The van der Waals surface area contributed by atoms with Crippen LogP contribution >= 0.6 is 0 Å². The molecule has 1 aromatic rings. The van der Waals surface area contributed by atoms with Crippen molar-refractivity contribution in [3.63, 3.8) is 0 Å². The second-order valence-electron chi connectivity index (χ2n) is 6.03. The van der Waals surface area contributed by atoms with E-state index in [9.17, 15) is 9.59 Å². The standard InChI is InChI=1S/C17H24N2O3/c1-13(19-10-6-9-15(12-19)17(21)22)16(20)18(2)11-14-7-4-3-5-8-14/h3-5,7-8,13,15H,6,9-12H2,1-2H3,(H,21,22). The second-order valence-corrected chi connectivity index (χ2v) is 6.03. The third kappa shape index (κ3) is 4.07. The van der Waals surface area contributed by atoms with Crippen LogP contribution in [0.1, 0.15) is 25.3 Å². The predicted molar refractivity (Wildman–Crippen MR) is 84.3 cm³/mol. The number of piperidine rings is 1. The summed E-state index contributed by atoms with van der Waals surface area (Å²) in [6, 6.07) is 9.58. The summed E-state index contributed by atoms with van der Waals surface area (Å²) in [7, 11) is 1.80. The van der Waals surface area contributed by atoms with Crippen molar-refractivity contribution in [1.29, 1.82) is 0 Å². The largest absolute Gasteiger partial charge is 0.481 e. The Labute approximate surface area is 131 Å². The molecule has 2 unspecified atom stereocenters. The molecule has 0 aromatic heterocycles. The molecule has 0 bridgehead atoms. The molecule has 1 aromatic carbocycles. The topological polar surface area (TPSA) is 60.9 Å². The van der Waals surface area contributed by atoms with Crippen molar-refractivity contribution in [2.24, 2.45) is 5.92 Å². The molecule has 0 radical (unpaired) electrons. The molecular weight excluding hydrogens is 280 g/mol. The molecule has 1 amide bonds. The van der Waals surface area contributed by atoms with Gasteiger partial charge < -0.3 is 10.0 Å². The third-order valence-corrected chi connectivity index (χ3v) is 4.35.